The molecule has 130 valence electrons. The maximum absolute atomic E-state index is 6.39. The van der Waals surface area contributed by atoms with Gasteiger partial charge in [-0.3, -0.25) is 0 Å². The molecule has 2 heterocycles. The van der Waals surface area contributed by atoms with E-state index in [4.69, 9.17) is 9.72 Å². The zero-order chi connectivity index (χ0) is 17.7. The predicted octanol–water partition coefficient (Wildman–Crippen LogP) is 6.07. The molecule has 0 bridgehead atoms. The van der Waals surface area contributed by atoms with E-state index in [-0.39, 0.29) is 0 Å². The smallest absolute Gasteiger partial charge is 0.231 e. The maximum atomic E-state index is 6.39. The zero-order valence-electron chi connectivity index (χ0n) is 15.0. The van der Waals surface area contributed by atoms with Gasteiger partial charge in [0.2, 0.25) is 5.88 Å². The Labute approximate surface area is 156 Å². The molecule has 0 amide bonds. The van der Waals surface area contributed by atoms with Crippen molar-refractivity contribution in [2.45, 2.75) is 33.1 Å². The Bertz CT molecular complexity index is 1130. The fourth-order valence-electron chi connectivity index (χ4n) is 3.87. The zero-order valence-corrected chi connectivity index (χ0v) is 15.8. The lowest BCUT2D eigenvalue weighted by molar-refractivity contribution is 0.470. The fraction of sp³-hybridized carbons (Fsp3) is 0.273. The van der Waals surface area contributed by atoms with Gasteiger partial charge in [-0.15, -0.1) is 11.3 Å². The predicted molar refractivity (Wildman–Crippen MR) is 107 cm³/mol. The number of benzene rings is 2. The van der Waals surface area contributed by atoms with Gasteiger partial charge in [0.25, 0.3) is 0 Å². The van der Waals surface area contributed by atoms with Crippen LogP contribution in [-0.2, 0) is 12.8 Å². The fourth-order valence-corrected chi connectivity index (χ4v) is 5.29. The lowest BCUT2D eigenvalue weighted by Gasteiger charge is -2.18. The summed E-state index contributed by atoms with van der Waals surface area (Å²) >= 11 is 1.81. The minimum atomic E-state index is 0.705. The third-order valence-corrected chi connectivity index (χ3v) is 6.34. The standard InChI is InChI=1S/C22H20N2OS/c1-13-10-11-17-19(12-13)26-22-20(17)21(23-14(2)24-22)25-18-9-5-7-15-6-3-4-8-16(15)18/h3-9,13H,10-12H2,1-2H3. The van der Waals surface area contributed by atoms with Crippen LogP contribution in [0.1, 0.15) is 29.6 Å². The van der Waals surface area contributed by atoms with Gasteiger partial charge >= 0.3 is 0 Å². The summed E-state index contributed by atoms with van der Waals surface area (Å²) in [6, 6.07) is 14.5. The number of fused-ring (bicyclic) bond motifs is 4. The molecular weight excluding hydrogens is 340 g/mol. The van der Waals surface area contributed by atoms with E-state index >= 15 is 0 Å². The van der Waals surface area contributed by atoms with E-state index in [1.165, 1.54) is 22.2 Å². The van der Waals surface area contributed by atoms with Gasteiger partial charge in [0.15, 0.2) is 0 Å². The monoisotopic (exact) mass is 360 g/mol. The van der Waals surface area contributed by atoms with Crippen LogP contribution in [0, 0.1) is 12.8 Å². The van der Waals surface area contributed by atoms with Gasteiger partial charge in [-0.1, -0.05) is 43.3 Å². The highest BCUT2D eigenvalue weighted by Gasteiger charge is 2.24. The van der Waals surface area contributed by atoms with Crippen molar-refractivity contribution in [2.75, 3.05) is 0 Å². The average Bonchev–Trinajstić information content (AvgIpc) is 2.99. The first-order valence-electron chi connectivity index (χ1n) is 9.13. The molecule has 0 aliphatic heterocycles. The summed E-state index contributed by atoms with van der Waals surface area (Å²) in [5.41, 5.74) is 1.40. The molecule has 0 fully saturated rings. The minimum absolute atomic E-state index is 0.705. The van der Waals surface area contributed by atoms with E-state index in [0.29, 0.717) is 5.88 Å². The quantitative estimate of drug-likeness (QED) is 0.435. The Balaban J connectivity index is 1.69. The molecule has 5 rings (SSSR count). The molecule has 0 saturated carbocycles. The van der Waals surface area contributed by atoms with Gasteiger partial charge in [-0.2, -0.15) is 4.98 Å². The van der Waals surface area contributed by atoms with Crippen LogP contribution in [0.3, 0.4) is 0 Å². The molecule has 2 aromatic carbocycles. The lowest BCUT2D eigenvalue weighted by atomic mass is 9.89. The summed E-state index contributed by atoms with van der Waals surface area (Å²) in [5, 5.41) is 3.40. The van der Waals surface area contributed by atoms with Crippen molar-refractivity contribution >= 4 is 32.3 Å². The first kappa shape index (κ1) is 15.8. The molecule has 0 N–H and O–H groups in total. The van der Waals surface area contributed by atoms with Crippen molar-refractivity contribution < 1.29 is 4.74 Å². The third kappa shape index (κ3) is 2.56. The highest BCUT2D eigenvalue weighted by molar-refractivity contribution is 7.18. The van der Waals surface area contributed by atoms with E-state index in [1.807, 2.05) is 36.5 Å². The number of ether oxygens (including phenoxy) is 1. The normalized spacial score (nSPS) is 16.8. The number of aryl methyl sites for hydroxylation is 2. The largest absolute Gasteiger partial charge is 0.438 e. The van der Waals surface area contributed by atoms with Crippen LogP contribution in [-0.4, -0.2) is 9.97 Å². The third-order valence-electron chi connectivity index (χ3n) is 5.19. The Morgan fingerprint density at radius 3 is 2.85 bits per heavy atom. The van der Waals surface area contributed by atoms with E-state index in [1.54, 1.807) is 0 Å². The van der Waals surface area contributed by atoms with Crippen LogP contribution in [0.2, 0.25) is 0 Å². The van der Waals surface area contributed by atoms with Crippen LogP contribution in [0.25, 0.3) is 21.0 Å². The van der Waals surface area contributed by atoms with E-state index in [0.717, 1.165) is 45.9 Å². The summed E-state index contributed by atoms with van der Waals surface area (Å²) in [6.07, 6.45) is 3.46. The molecule has 0 spiro atoms. The molecule has 1 aliphatic rings. The van der Waals surface area contributed by atoms with Crippen molar-refractivity contribution in [3.8, 4) is 11.6 Å². The van der Waals surface area contributed by atoms with Gasteiger partial charge in [0.05, 0.1) is 5.39 Å². The molecule has 0 radical (unpaired) electrons. The molecule has 0 saturated heterocycles. The summed E-state index contributed by atoms with van der Waals surface area (Å²) in [4.78, 5) is 11.9. The van der Waals surface area contributed by atoms with Crippen molar-refractivity contribution in [3.05, 3.63) is 58.7 Å². The maximum Gasteiger partial charge on any atom is 0.231 e. The van der Waals surface area contributed by atoms with Gasteiger partial charge in [0.1, 0.15) is 16.4 Å². The van der Waals surface area contributed by atoms with E-state index in [2.05, 4.69) is 36.2 Å². The first-order valence-corrected chi connectivity index (χ1v) is 9.95. The second-order valence-corrected chi connectivity index (χ2v) is 8.27. The number of aromatic nitrogens is 2. The molecule has 1 aliphatic carbocycles. The number of rotatable bonds is 2. The Morgan fingerprint density at radius 1 is 1.08 bits per heavy atom. The Kier molecular flexibility index (Phi) is 3.68. The van der Waals surface area contributed by atoms with Gasteiger partial charge in [0, 0.05) is 10.3 Å². The molecule has 1 atom stereocenters. The number of thiophene rings is 1. The number of hydrogen-bond acceptors (Lipinski definition) is 4. The van der Waals surface area contributed by atoms with Gasteiger partial charge < -0.3 is 4.74 Å². The van der Waals surface area contributed by atoms with E-state index in [9.17, 15) is 0 Å². The molecule has 2 aromatic heterocycles. The second-order valence-electron chi connectivity index (χ2n) is 7.19. The summed E-state index contributed by atoms with van der Waals surface area (Å²) in [6.45, 7) is 4.27. The summed E-state index contributed by atoms with van der Waals surface area (Å²) in [7, 11) is 0. The Morgan fingerprint density at radius 2 is 1.92 bits per heavy atom. The Hall–Kier alpha value is -2.46. The van der Waals surface area contributed by atoms with Crippen LogP contribution in [0.5, 0.6) is 11.6 Å². The number of hydrogen-bond donors (Lipinski definition) is 0. The van der Waals surface area contributed by atoms with Crippen molar-refractivity contribution in [3.63, 3.8) is 0 Å². The molecule has 4 heteroatoms. The van der Waals surface area contributed by atoms with Crippen molar-refractivity contribution in [1.82, 2.24) is 9.97 Å². The molecular formula is C22H20N2OS. The van der Waals surface area contributed by atoms with Crippen LogP contribution in [0.15, 0.2) is 42.5 Å². The van der Waals surface area contributed by atoms with Crippen LogP contribution in [0.4, 0.5) is 0 Å². The highest BCUT2D eigenvalue weighted by atomic mass is 32.1. The topological polar surface area (TPSA) is 35.0 Å². The number of nitrogens with zero attached hydrogens (tertiary/aromatic N) is 2. The van der Waals surface area contributed by atoms with Gasteiger partial charge in [-0.05, 0) is 49.1 Å². The molecule has 1 unspecified atom stereocenters. The molecule has 4 aromatic rings. The second kappa shape index (κ2) is 6.06. The SMILES string of the molecule is Cc1nc(Oc2cccc3ccccc23)c2c3c(sc2n1)CC(C)CC3. The van der Waals surface area contributed by atoms with Gasteiger partial charge in [-0.25, -0.2) is 4.98 Å². The average molecular weight is 360 g/mol. The molecule has 3 nitrogen and oxygen atoms in total. The highest BCUT2D eigenvalue weighted by Crippen LogP contribution is 2.42. The van der Waals surface area contributed by atoms with Crippen molar-refractivity contribution in [2.24, 2.45) is 5.92 Å². The van der Waals surface area contributed by atoms with E-state index < -0.39 is 0 Å². The van der Waals surface area contributed by atoms with Crippen LogP contribution < -0.4 is 4.74 Å². The molecule has 26 heavy (non-hydrogen) atoms. The van der Waals surface area contributed by atoms with Crippen molar-refractivity contribution in [1.29, 1.82) is 0 Å². The summed E-state index contributed by atoms with van der Waals surface area (Å²) < 4.78 is 6.39. The minimum Gasteiger partial charge on any atom is -0.438 e. The lowest BCUT2D eigenvalue weighted by Crippen LogP contribution is -2.08. The summed E-state index contributed by atoms with van der Waals surface area (Å²) in [5.74, 6) is 3.06. The first-order chi connectivity index (χ1) is 12.7. The van der Waals surface area contributed by atoms with Crippen LogP contribution >= 0.6 is 11.3 Å².